The van der Waals surface area contributed by atoms with Crippen molar-refractivity contribution in [2.45, 2.75) is 26.4 Å². The second kappa shape index (κ2) is 5.26. The molecule has 0 aliphatic carbocycles. The van der Waals surface area contributed by atoms with Gasteiger partial charge in [0.15, 0.2) is 11.5 Å². The average Bonchev–Trinajstić information content (AvgIpc) is 2.93. The first-order valence-corrected chi connectivity index (χ1v) is 6.96. The van der Waals surface area contributed by atoms with Crippen molar-refractivity contribution < 1.29 is 9.47 Å². The molecule has 0 saturated carbocycles. The van der Waals surface area contributed by atoms with Crippen molar-refractivity contribution in [2.24, 2.45) is 5.73 Å². The van der Waals surface area contributed by atoms with Crippen molar-refractivity contribution in [3.63, 3.8) is 0 Å². The van der Waals surface area contributed by atoms with Gasteiger partial charge in [-0.1, -0.05) is 6.07 Å². The summed E-state index contributed by atoms with van der Waals surface area (Å²) < 4.78 is 12.5. The molecule has 0 bridgehead atoms. The van der Waals surface area contributed by atoms with Gasteiger partial charge in [0, 0.05) is 23.7 Å². The van der Waals surface area contributed by atoms with Gasteiger partial charge >= 0.3 is 0 Å². The van der Waals surface area contributed by atoms with Crippen molar-refractivity contribution in [3.8, 4) is 22.8 Å². The average molecular weight is 286 g/mol. The zero-order valence-corrected chi connectivity index (χ0v) is 12.1. The van der Waals surface area contributed by atoms with Gasteiger partial charge in [0.2, 0.25) is 6.79 Å². The molecule has 2 aromatic rings. The Bertz CT molecular complexity index is 735. The van der Waals surface area contributed by atoms with Crippen LogP contribution in [0.25, 0.3) is 11.3 Å². The van der Waals surface area contributed by atoms with Crippen molar-refractivity contribution in [2.75, 3.05) is 6.79 Å². The van der Waals surface area contributed by atoms with Gasteiger partial charge in [-0.2, -0.15) is 0 Å². The molecule has 1 aromatic carbocycles. The minimum absolute atomic E-state index is 0.0392. The largest absolute Gasteiger partial charge is 0.454 e. The fraction of sp³-hybridized carbons (Fsp3) is 0.312. The van der Waals surface area contributed by atoms with Gasteiger partial charge in [-0.25, -0.2) is 0 Å². The lowest BCUT2D eigenvalue weighted by Gasteiger charge is -2.18. The topological polar surface area (TPSA) is 66.5 Å². The lowest BCUT2D eigenvalue weighted by atomic mass is 10.1. The van der Waals surface area contributed by atoms with Gasteiger partial charge < -0.3 is 19.8 Å². The number of ether oxygens (including phenoxy) is 2. The van der Waals surface area contributed by atoms with Gasteiger partial charge in [0.05, 0.1) is 5.69 Å². The van der Waals surface area contributed by atoms with Crippen LogP contribution in [0.1, 0.15) is 25.5 Å². The molecule has 110 valence electrons. The summed E-state index contributed by atoms with van der Waals surface area (Å²) in [6.45, 7) is 4.45. The summed E-state index contributed by atoms with van der Waals surface area (Å²) in [7, 11) is 0. The first-order valence-electron chi connectivity index (χ1n) is 6.96. The van der Waals surface area contributed by atoms with Crippen LogP contribution in [0, 0.1) is 0 Å². The van der Waals surface area contributed by atoms with E-state index in [2.05, 4.69) is 0 Å². The number of rotatable bonds is 3. The standard InChI is InChI=1S/C16H18N2O3/c1-10(2)18-13(5-3-12(8-17)16(18)19)11-4-6-14-15(7-11)21-9-20-14/h3-7,10H,8-9,17H2,1-2H3. The Hall–Kier alpha value is -2.27. The lowest BCUT2D eigenvalue weighted by Crippen LogP contribution is -2.27. The monoisotopic (exact) mass is 286 g/mol. The summed E-state index contributed by atoms with van der Waals surface area (Å²) in [5.74, 6) is 1.44. The number of pyridine rings is 1. The SMILES string of the molecule is CC(C)n1c(-c2ccc3c(c2)OCO3)ccc(CN)c1=O. The Morgan fingerprint density at radius 3 is 2.67 bits per heavy atom. The molecule has 1 aliphatic heterocycles. The van der Waals surface area contributed by atoms with Crippen LogP contribution in [0.4, 0.5) is 0 Å². The second-order valence-electron chi connectivity index (χ2n) is 5.28. The number of fused-ring (bicyclic) bond motifs is 1. The molecule has 5 heteroatoms. The van der Waals surface area contributed by atoms with E-state index in [1.165, 1.54) is 0 Å². The van der Waals surface area contributed by atoms with Crippen LogP contribution in [-0.4, -0.2) is 11.4 Å². The molecule has 3 rings (SSSR count). The summed E-state index contributed by atoms with van der Waals surface area (Å²) in [6.07, 6.45) is 0. The molecule has 1 aliphatic rings. The van der Waals surface area contributed by atoms with E-state index in [0.29, 0.717) is 11.3 Å². The van der Waals surface area contributed by atoms with E-state index in [1.807, 2.05) is 38.1 Å². The highest BCUT2D eigenvalue weighted by Crippen LogP contribution is 2.36. The lowest BCUT2D eigenvalue weighted by molar-refractivity contribution is 0.174. The molecular formula is C16H18N2O3. The number of benzene rings is 1. The number of hydrogen-bond acceptors (Lipinski definition) is 4. The van der Waals surface area contributed by atoms with Crippen LogP contribution in [-0.2, 0) is 6.54 Å². The highest BCUT2D eigenvalue weighted by Gasteiger charge is 2.17. The van der Waals surface area contributed by atoms with E-state index < -0.39 is 0 Å². The Balaban J connectivity index is 2.18. The van der Waals surface area contributed by atoms with Crippen molar-refractivity contribution in [3.05, 3.63) is 46.2 Å². The predicted molar refractivity (Wildman–Crippen MR) is 80.5 cm³/mol. The number of hydrogen-bond donors (Lipinski definition) is 1. The summed E-state index contributed by atoms with van der Waals surface area (Å²) in [5, 5.41) is 0. The zero-order valence-electron chi connectivity index (χ0n) is 12.1. The highest BCUT2D eigenvalue weighted by atomic mass is 16.7. The third-order valence-corrected chi connectivity index (χ3v) is 3.60. The molecule has 1 aromatic heterocycles. The second-order valence-corrected chi connectivity index (χ2v) is 5.28. The van der Waals surface area contributed by atoms with E-state index in [0.717, 1.165) is 17.0 Å². The fourth-order valence-corrected chi connectivity index (χ4v) is 2.55. The third-order valence-electron chi connectivity index (χ3n) is 3.60. The van der Waals surface area contributed by atoms with Crippen LogP contribution in [0.2, 0.25) is 0 Å². The van der Waals surface area contributed by atoms with Gasteiger partial charge in [-0.3, -0.25) is 4.79 Å². The summed E-state index contributed by atoms with van der Waals surface area (Å²) >= 11 is 0. The maximum absolute atomic E-state index is 12.5. The Morgan fingerprint density at radius 2 is 1.95 bits per heavy atom. The van der Waals surface area contributed by atoms with Crippen molar-refractivity contribution in [1.29, 1.82) is 0 Å². The summed E-state index contributed by atoms with van der Waals surface area (Å²) in [4.78, 5) is 12.5. The van der Waals surface area contributed by atoms with Crippen LogP contribution in [0.5, 0.6) is 11.5 Å². The first kappa shape index (κ1) is 13.7. The first-order chi connectivity index (χ1) is 10.1. The quantitative estimate of drug-likeness (QED) is 0.940. The fourth-order valence-electron chi connectivity index (χ4n) is 2.55. The zero-order chi connectivity index (χ0) is 15.0. The Kier molecular flexibility index (Phi) is 3.43. The maximum Gasteiger partial charge on any atom is 0.255 e. The van der Waals surface area contributed by atoms with E-state index in [1.54, 1.807) is 10.6 Å². The summed E-state index contributed by atoms with van der Waals surface area (Å²) in [5.41, 5.74) is 7.99. The minimum atomic E-state index is -0.0392. The van der Waals surface area contributed by atoms with Crippen LogP contribution in [0.15, 0.2) is 35.1 Å². The van der Waals surface area contributed by atoms with Gasteiger partial charge in [0.1, 0.15) is 0 Å². The Morgan fingerprint density at radius 1 is 1.19 bits per heavy atom. The highest BCUT2D eigenvalue weighted by molar-refractivity contribution is 5.65. The molecule has 0 spiro atoms. The molecule has 0 unspecified atom stereocenters. The van der Waals surface area contributed by atoms with E-state index in [-0.39, 0.29) is 24.9 Å². The molecular weight excluding hydrogens is 268 g/mol. The predicted octanol–water partition coefficient (Wildman–Crippen LogP) is 2.28. The van der Waals surface area contributed by atoms with Gasteiger partial charge in [-0.15, -0.1) is 0 Å². The van der Waals surface area contributed by atoms with Crippen molar-refractivity contribution in [1.82, 2.24) is 4.57 Å². The van der Waals surface area contributed by atoms with Crippen molar-refractivity contribution >= 4 is 0 Å². The van der Waals surface area contributed by atoms with Gasteiger partial charge in [0.25, 0.3) is 5.56 Å². The molecule has 0 fully saturated rings. The van der Waals surface area contributed by atoms with E-state index in [9.17, 15) is 4.79 Å². The normalized spacial score (nSPS) is 13.0. The number of nitrogens with two attached hydrogens (primary N) is 1. The summed E-state index contributed by atoms with van der Waals surface area (Å²) in [6, 6.07) is 9.47. The van der Waals surface area contributed by atoms with Crippen LogP contribution < -0.4 is 20.8 Å². The van der Waals surface area contributed by atoms with Crippen LogP contribution in [0.3, 0.4) is 0 Å². The molecule has 0 saturated heterocycles. The Labute approximate surface area is 122 Å². The molecule has 5 nitrogen and oxygen atoms in total. The van der Waals surface area contributed by atoms with E-state index >= 15 is 0 Å². The molecule has 0 amide bonds. The third kappa shape index (κ3) is 2.29. The number of nitrogens with zero attached hydrogens (tertiary/aromatic N) is 1. The van der Waals surface area contributed by atoms with E-state index in [4.69, 9.17) is 15.2 Å². The minimum Gasteiger partial charge on any atom is -0.454 e. The number of aromatic nitrogens is 1. The molecule has 2 N–H and O–H groups in total. The smallest absolute Gasteiger partial charge is 0.255 e. The molecule has 0 radical (unpaired) electrons. The molecule has 0 atom stereocenters. The van der Waals surface area contributed by atoms with Gasteiger partial charge in [-0.05, 0) is 38.1 Å². The molecule has 2 heterocycles. The maximum atomic E-state index is 12.5. The van der Waals surface area contributed by atoms with Crippen LogP contribution >= 0.6 is 0 Å². The molecule has 21 heavy (non-hydrogen) atoms.